The number of nitrogens with zero attached hydrogens (tertiary/aromatic N) is 2. The zero-order valence-corrected chi connectivity index (χ0v) is 22.6. The van der Waals surface area contributed by atoms with Gasteiger partial charge in [-0.1, -0.05) is 72.6 Å². The van der Waals surface area contributed by atoms with E-state index >= 15 is 0 Å². The summed E-state index contributed by atoms with van der Waals surface area (Å²) in [5.41, 5.74) is 16.4. The lowest BCUT2D eigenvalue weighted by molar-refractivity contribution is -0.136. The van der Waals surface area contributed by atoms with Crippen molar-refractivity contribution in [2.45, 2.75) is 31.7 Å². The number of H-pyrrole nitrogens is 1. The number of carbonyl (C=O) groups is 1. The van der Waals surface area contributed by atoms with Gasteiger partial charge >= 0.3 is 5.97 Å². The van der Waals surface area contributed by atoms with E-state index in [9.17, 15) is 9.59 Å². The number of hydrogen-bond donors (Lipinski definition) is 3. The number of benzene rings is 3. The molecule has 3 aromatic carbocycles. The number of nitrogens with one attached hydrogen (secondary N) is 1. The van der Waals surface area contributed by atoms with Crippen LogP contribution in [0.5, 0.6) is 5.75 Å². The first-order chi connectivity index (χ1) is 19.4. The molecule has 0 saturated heterocycles. The molecular weight excluding hydrogens is 526 g/mol. The number of para-hydroxylation sites is 1. The van der Waals surface area contributed by atoms with Crippen molar-refractivity contribution in [3.05, 3.63) is 112 Å². The molecular formula is C31H30ClN5O3. The molecule has 0 spiro atoms. The van der Waals surface area contributed by atoms with Crippen LogP contribution in [0.25, 0.3) is 28.0 Å². The van der Waals surface area contributed by atoms with E-state index in [1.807, 2.05) is 48.5 Å². The van der Waals surface area contributed by atoms with E-state index in [0.29, 0.717) is 47.1 Å². The molecule has 0 saturated carbocycles. The molecule has 5 aromatic rings. The Morgan fingerprint density at radius 1 is 1.00 bits per heavy atom. The highest BCUT2D eigenvalue weighted by Crippen LogP contribution is 2.34. The second kappa shape index (κ2) is 12.3. The predicted octanol–water partition coefficient (Wildman–Crippen LogP) is 4.96. The van der Waals surface area contributed by atoms with Gasteiger partial charge in [-0.05, 0) is 54.8 Å². The number of unbranched alkanes of at least 4 members (excludes halogenated alkanes) is 1. The number of fused-ring (bicyclic) bond motifs is 1. The standard InChI is InChI=1S/C31H30ClN5O3/c32-22-15-13-21(14-16-22)29-25(18-20-8-2-1-3-9-20)36-37-26(19-28(38)35-30(29)37)23-10-4-5-12-27(23)40-31(39)24(34)11-6-7-17-33/h1-5,8-10,12-16,19,24H,6-7,11,17-18,33-34H2,(H,35,38)/t24-/m0/s1. The molecule has 1 atom stereocenters. The Hall–Kier alpha value is -4.24. The monoisotopic (exact) mass is 555 g/mol. The summed E-state index contributed by atoms with van der Waals surface area (Å²) in [6, 6.07) is 25.1. The Labute approximate surface area is 236 Å². The minimum absolute atomic E-state index is 0.293. The molecule has 9 heteroatoms. The molecule has 40 heavy (non-hydrogen) atoms. The van der Waals surface area contributed by atoms with Gasteiger partial charge in [0.05, 0.1) is 11.4 Å². The van der Waals surface area contributed by atoms with Crippen LogP contribution in [-0.4, -0.2) is 33.2 Å². The zero-order valence-electron chi connectivity index (χ0n) is 21.8. The average molecular weight is 556 g/mol. The van der Waals surface area contributed by atoms with Gasteiger partial charge in [0.2, 0.25) is 0 Å². The van der Waals surface area contributed by atoms with Crippen molar-refractivity contribution < 1.29 is 9.53 Å². The van der Waals surface area contributed by atoms with E-state index in [0.717, 1.165) is 35.2 Å². The molecule has 8 nitrogen and oxygen atoms in total. The number of esters is 1. The SMILES string of the molecule is NCCCC[C@H](N)C(=O)Oc1ccccc1-c1cc(=O)[nH]c2c(-c3ccc(Cl)cc3)c(Cc3ccccc3)nn12. The topological polar surface area (TPSA) is 128 Å². The molecule has 0 radical (unpaired) electrons. The van der Waals surface area contributed by atoms with Gasteiger partial charge < -0.3 is 21.2 Å². The summed E-state index contributed by atoms with van der Waals surface area (Å²) in [6.07, 6.45) is 2.52. The molecule has 0 fully saturated rings. The van der Waals surface area contributed by atoms with E-state index in [2.05, 4.69) is 4.98 Å². The number of ether oxygens (including phenoxy) is 1. The molecule has 204 valence electrons. The fourth-order valence-electron chi connectivity index (χ4n) is 4.69. The van der Waals surface area contributed by atoms with Gasteiger partial charge in [-0.15, -0.1) is 0 Å². The van der Waals surface area contributed by atoms with Crippen molar-refractivity contribution in [3.8, 4) is 28.1 Å². The number of carbonyl (C=O) groups excluding carboxylic acids is 1. The highest BCUT2D eigenvalue weighted by molar-refractivity contribution is 6.30. The van der Waals surface area contributed by atoms with Crippen molar-refractivity contribution in [1.82, 2.24) is 14.6 Å². The van der Waals surface area contributed by atoms with Gasteiger partial charge in [-0.2, -0.15) is 5.10 Å². The van der Waals surface area contributed by atoms with E-state index < -0.39 is 12.0 Å². The molecule has 5 rings (SSSR count). The Kier molecular flexibility index (Phi) is 8.40. The maximum atomic E-state index is 13.0. The van der Waals surface area contributed by atoms with Crippen LogP contribution >= 0.6 is 11.6 Å². The van der Waals surface area contributed by atoms with Gasteiger partial charge in [-0.25, -0.2) is 9.31 Å². The Morgan fingerprint density at radius 2 is 1.73 bits per heavy atom. The molecule has 5 N–H and O–H groups in total. The number of hydrogen-bond acceptors (Lipinski definition) is 6. The van der Waals surface area contributed by atoms with Crippen LogP contribution in [0.3, 0.4) is 0 Å². The van der Waals surface area contributed by atoms with Crippen LogP contribution in [0.2, 0.25) is 5.02 Å². The molecule has 0 aliphatic carbocycles. The van der Waals surface area contributed by atoms with Gasteiger partial charge in [-0.3, -0.25) is 4.79 Å². The quantitative estimate of drug-likeness (QED) is 0.127. The lowest BCUT2D eigenvalue weighted by atomic mass is 10.0. The summed E-state index contributed by atoms with van der Waals surface area (Å²) < 4.78 is 7.44. The lowest BCUT2D eigenvalue weighted by Gasteiger charge is -2.14. The maximum Gasteiger partial charge on any atom is 0.328 e. The molecule has 0 aliphatic rings. The fraction of sp³-hybridized carbons (Fsp3) is 0.194. The van der Waals surface area contributed by atoms with Crippen LogP contribution in [0, 0.1) is 0 Å². The zero-order chi connectivity index (χ0) is 28.1. The van der Waals surface area contributed by atoms with Crippen LogP contribution in [0.4, 0.5) is 0 Å². The minimum Gasteiger partial charge on any atom is -0.425 e. The number of aromatic amines is 1. The summed E-state index contributed by atoms with van der Waals surface area (Å²) in [6.45, 7) is 0.539. The highest BCUT2D eigenvalue weighted by atomic mass is 35.5. The summed E-state index contributed by atoms with van der Waals surface area (Å²) in [4.78, 5) is 28.8. The second-order valence-electron chi connectivity index (χ2n) is 9.58. The van der Waals surface area contributed by atoms with Crippen LogP contribution < -0.4 is 21.8 Å². The number of aromatic nitrogens is 3. The molecule has 0 bridgehead atoms. The lowest BCUT2D eigenvalue weighted by Crippen LogP contribution is -2.34. The smallest absolute Gasteiger partial charge is 0.328 e. The molecule has 0 unspecified atom stereocenters. The van der Waals surface area contributed by atoms with Crippen molar-refractivity contribution in [1.29, 1.82) is 0 Å². The molecule has 2 heterocycles. The third-order valence-corrected chi connectivity index (χ3v) is 6.94. The number of halogens is 1. The third-order valence-electron chi connectivity index (χ3n) is 6.69. The normalized spacial score (nSPS) is 12.0. The maximum absolute atomic E-state index is 13.0. The summed E-state index contributed by atoms with van der Waals surface area (Å²) in [5.74, 6) is -0.250. The minimum atomic E-state index is -0.780. The average Bonchev–Trinajstić information content (AvgIpc) is 3.31. The van der Waals surface area contributed by atoms with Crippen molar-refractivity contribution in [2.75, 3.05) is 6.54 Å². The predicted molar refractivity (Wildman–Crippen MR) is 157 cm³/mol. The second-order valence-corrected chi connectivity index (χ2v) is 10.0. The molecule has 0 amide bonds. The first-order valence-electron chi connectivity index (χ1n) is 13.2. The van der Waals surface area contributed by atoms with Gasteiger partial charge in [0, 0.05) is 28.6 Å². The van der Waals surface area contributed by atoms with E-state index in [-0.39, 0.29) is 5.56 Å². The molecule has 0 aliphatic heterocycles. The summed E-state index contributed by atoms with van der Waals surface area (Å²) >= 11 is 6.17. The Morgan fingerprint density at radius 3 is 2.48 bits per heavy atom. The largest absolute Gasteiger partial charge is 0.425 e. The number of nitrogens with two attached hydrogens (primary N) is 2. The van der Waals surface area contributed by atoms with Crippen LogP contribution in [-0.2, 0) is 11.2 Å². The summed E-state index contributed by atoms with van der Waals surface area (Å²) in [7, 11) is 0. The van der Waals surface area contributed by atoms with Crippen molar-refractivity contribution in [3.63, 3.8) is 0 Å². The van der Waals surface area contributed by atoms with Crippen LogP contribution in [0.15, 0.2) is 89.7 Å². The first kappa shape index (κ1) is 27.3. The summed E-state index contributed by atoms with van der Waals surface area (Å²) in [5, 5.41) is 5.57. The van der Waals surface area contributed by atoms with E-state index in [4.69, 9.17) is 32.9 Å². The Balaban J connectivity index is 1.63. The Bertz CT molecular complexity index is 1680. The first-order valence-corrected chi connectivity index (χ1v) is 13.5. The van der Waals surface area contributed by atoms with Crippen molar-refractivity contribution in [2.24, 2.45) is 11.5 Å². The van der Waals surface area contributed by atoms with Gasteiger partial charge in [0.25, 0.3) is 5.56 Å². The van der Waals surface area contributed by atoms with E-state index in [1.165, 1.54) is 6.07 Å². The van der Waals surface area contributed by atoms with Gasteiger partial charge in [0.15, 0.2) is 0 Å². The van der Waals surface area contributed by atoms with E-state index in [1.54, 1.807) is 34.8 Å². The fourth-order valence-corrected chi connectivity index (χ4v) is 4.82. The van der Waals surface area contributed by atoms with Crippen molar-refractivity contribution >= 4 is 23.2 Å². The molecule has 2 aromatic heterocycles. The van der Waals surface area contributed by atoms with Crippen LogP contribution in [0.1, 0.15) is 30.5 Å². The third kappa shape index (κ3) is 5.99. The van der Waals surface area contributed by atoms with Gasteiger partial charge in [0.1, 0.15) is 17.4 Å². The number of rotatable bonds is 10. The highest BCUT2D eigenvalue weighted by Gasteiger charge is 2.22.